The Labute approximate surface area is 120 Å². The molecule has 5 nitrogen and oxygen atoms in total. The van der Waals surface area contributed by atoms with E-state index < -0.39 is 25.2 Å². The van der Waals surface area contributed by atoms with Crippen LogP contribution in [0, 0.1) is 6.92 Å². The third kappa shape index (κ3) is 5.50. The molecular formula is C13H17F3N2O3. The van der Waals surface area contributed by atoms with Crippen LogP contribution in [0.1, 0.15) is 5.56 Å². The lowest BCUT2D eigenvalue weighted by Gasteiger charge is -2.14. The third-order valence-corrected chi connectivity index (χ3v) is 2.62. The van der Waals surface area contributed by atoms with Crippen LogP contribution in [0.2, 0.25) is 0 Å². The maximum atomic E-state index is 12.0. The summed E-state index contributed by atoms with van der Waals surface area (Å²) in [5.74, 6) is 0.347. The lowest BCUT2D eigenvalue weighted by molar-refractivity contribution is -0.126. The monoisotopic (exact) mass is 306 g/mol. The van der Waals surface area contributed by atoms with Crippen molar-refractivity contribution in [1.82, 2.24) is 5.32 Å². The Morgan fingerprint density at radius 2 is 1.76 bits per heavy atom. The molecule has 1 rings (SSSR count). The van der Waals surface area contributed by atoms with Gasteiger partial charge in [-0.15, -0.1) is 0 Å². The topological polar surface area (TPSA) is 59.6 Å². The molecule has 8 heteroatoms. The Bertz CT molecular complexity index is 504. The predicted octanol–water partition coefficient (Wildman–Crippen LogP) is 2.10. The summed E-state index contributed by atoms with van der Waals surface area (Å²) in [6.45, 7) is 0.0827. The van der Waals surface area contributed by atoms with Gasteiger partial charge in [-0.2, -0.15) is 13.2 Å². The van der Waals surface area contributed by atoms with Crippen LogP contribution in [0.4, 0.5) is 18.9 Å². The van der Waals surface area contributed by atoms with Crippen LogP contribution in [0.5, 0.6) is 11.5 Å². The average molecular weight is 306 g/mol. The van der Waals surface area contributed by atoms with Crippen LogP contribution in [0.3, 0.4) is 0 Å². The van der Waals surface area contributed by atoms with Gasteiger partial charge in [-0.3, -0.25) is 4.79 Å². The van der Waals surface area contributed by atoms with Crippen LogP contribution in [-0.2, 0) is 4.79 Å². The molecule has 1 amide bonds. The van der Waals surface area contributed by atoms with E-state index in [1.54, 1.807) is 19.1 Å². The van der Waals surface area contributed by atoms with Crippen molar-refractivity contribution in [3.8, 4) is 11.5 Å². The van der Waals surface area contributed by atoms with E-state index in [0.29, 0.717) is 22.7 Å². The van der Waals surface area contributed by atoms with E-state index in [2.05, 4.69) is 5.32 Å². The molecule has 0 aliphatic heterocycles. The Balaban J connectivity index is 2.68. The summed E-state index contributed by atoms with van der Waals surface area (Å²) in [7, 11) is 2.93. The molecule has 0 fully saturated rings. The number of amides is 1. The molecule has 0 bridgehead atoms. The fourth-order valence-corrected chi connectivity index (χ4v) is 1.63. The molecular weight excluding hydrogens is 289 g/mol. The number of rotatable bonds is 6. The first-order valence-electron chi connectivity index (χ1n) is 6.06. The van der Waals surface area contributed by atoms with Crippen molar-refractivity contribution in [1.29, 1.82) is 0 Å². The van der Waals surface area contributed by atoms with Crippen LogP contribution in [0.25, 0.3) is 0 Å². The molecule has 0 radical (unpaired) electrons. The van der Waals surface area contributed by atoms with Crippen molar-refractivity contribution in [2.75, 3.05) is 32.6 Å². The van der Waals surface area contributed by atoms with Gasteiger partial charge >= 0.3 is 6.18 Å². The summed E-state index contributed by atoms with van der Waals surface area (Å²) < 4.78 is 46.1. The number of ether oxygens (including phenoxy) is 2. The maximum Gasteiger partial charge on any atom is 0.401 e. The van der Waals surface area contributed by atoms with Crippen molar-refractivity contribution < 1.29 is 27.4 Å². The number of hydrogen-bond acceptors (Lipinski definition) is 4. The van der Waals surface area contributed by atoms with Gasteiger partial charge in [-0.25, -0.2) is 0 Å². The predicted molar refractivity (Wildman–Crippen MR) is 71.8 cm³/mol. The Morgan fingerprint density at radius 1 is 1.19 bits per heavy atom. The second-order valence-corrected chi connectivity index (χ2v) is 4.29. The highest BCUT2D eigenvalue weighted by Crippen LogP contribution is 2.32. The van der Waals surface area contributed by atoms with Gasteiger partial charge in [-0.05, 0) is 18.6 Å². The van der Waals surface area contributed by atoms with Crippen LogP contribution in [-0.4, -0.2) is 39.4 Å². The van der Waals surface area contributed by atoms with E-state index in [9.17, 15) is 18.0 Å². The highest BCUT2D eigenvalue weighted by atomic mass is 19.4. The number of nitrogens with one attached hydrogen (secondary N) is 2. The van der Waals surface area contributed by atoms with Crippen LogP contribution >= 0.6 is 0 Å². The molecule has 0 aliphatic rings. The number of benzene rings is 1. The van der Waals surface area contributed by atoms with Gasteiger partial charge in [0.05, 0.1) is 27.3 Å². The smallest absolute Gasteiger partial charge is 0.401 e. The molecule has 0 unspecified atom stereocenters. The van der Waals surface area contributed by atoms with E-state index in [0.717, 1.165) is 0 Å². The molecule has 1 aromatic rings. The van der Waals surface area contributed by atoms with Gasteiger partial charge in [0.2, 0.25) is 5.91 Å². The minimum atomic E-state index is -4.35. The normalized spacial score (nSPS) is 11.1. The highest BCUT2D eigenvalue weighted by molar-refractivity contribution is 5.93. The Morgan fingerprint density at radius 3 is 2.29 bits per heavy atom. The number of alkyl halides is 3. The van der Waals surface area contributed by atoms with Gasteiger partial charge < -0.3 is 20.1 Å². The van der Waals surface area contributed by atoms with E-state index in [4.69, 9.17) is 9.47 Å². The van der Waals surface area contributed by atoms with Crippen molar-refractivity contribution >= 4 is 11.6 Å². The summed E-state index contributed by atoms with van der Waals surface area (Å²) in [6, 6.07) is 3.22. The number of hydrogen-bond donors (Lipinski definition) is 2. The molecule has 21 heavy (non-hydrogen) atoms. The first-order chi connectivity index (χ1) is 9.76. The lowest BCUT2D eigenvalue weighted by atomic mass is 10.1. The molecule has 0 saturated carbocycles. The van der Waals surface area contributed by atoms with Gasteiger partial charge in [0.25, 0.3) is 0 Å². The zero-order valence-electron chi connectivity index (χ0n) is 11.9. The molecule has 0 atom stereocenters. The Kier molecular flexibility index (Phi) is 5.83. The van der Waals surface area contributed by atoms with E-state index in [1.165, 1.54) is 14.2 Å². The van der Waals surface area contributed by atoms with Crippen molar-refractivity contribution in [3.05, 3.63) is 17.7 Å². The maximum absolute atomic E-state index is 12.0. The van der Waals surface area contributed by atoms with Gasteiger partial charge in [0, 0.05) is 11.8 Å². The molecule has 118 valence electrons. The zero-order chi connectivity index (χ0) is 16.0. The molecule has 0 saturated heterocycles. The average Bonchev–Trinajstić information content (AvgIpc) is 2.39. The van der Waals surface area contributed by atoms with Gasteiger partial charge in [0.1, 0.15) is 0 Å². The minimum Gasteiger partial charge on any atom is -0.493 e. The minimum absolute atomic E-state index is 0.418. The second-order valence-electron chi connectivity index (χ2n) is 4.29. The summed E-state index contributed by atoms with van der Waals surface area (Å²) in [6.07, 6.45) is -4.35. The first-order valence-corrected chi connectivity index (χ1v) is 6.06. The van der Waals surface area contributed by atoms with Crippen molar-refractivity contribution in [2.45, 2.75) is 13.1 Å². The number of carbonyl (C=O) groups excluding carboxylic acids is 1. The highest BCUT2D eigenvalue weighted by Gasteiger charge is 2.26. The largest absolute Gasteiger partial charge is 0.493 e. The summed E-state index contributed by atoms with van der Waals surface area (Å²) in [5.41, 5.74) is 1.16. The quantitative estimate of drug-likeness (QED) is 0.845. The van der Waals surface area contributed by atoms with Crippen molar-refractivity contribution in [3.63, 3.8) is 0 Å². The first kappa shape index (κ1) is 17.1. The standard InChI is InChI=1S/C13H17F3N2O3/c1-8-4-10(20-2)11(21-3)5-9(8)18-12(19)6-17-7-13(14,15)16/h4-5,17H,6-7H2,1-3H3,(H,18,19). The molecule has 2 N–H and O–H groups in total. The number of carbonyl (C=O) groups is 1. The van der Waals surface area contributed by atoms with E-state index >= 15 is 0 Å². The zero-order valence-corrected chi connectivity index (χ0v) is 11.9. The fourth-order valence-electron chi connectivity index (χ4n) is 1.63. The number of methoxy groups -OCH3 is 2. The fraction of sp³-hybridized carbons (Fsp3) is 0.462. The number of halogens is 3. The van der Waals surface area contributed by atoms with Crippen LogP contribution in [0.15, 0.2) is 12.1 Å². The SMILES string of the molecule is COc1cc(C)c(NC(=O)CNCC(F)(F)F)cc1OC. The number of anilines is 1. The Hall–Kier alpha value is -1.96. The summed E-state index contributed by atoms with van der Waals surface area (Å²) in [5, 5.41) is 4.54. The molecule has 0 heterocycles. The molecule has 0 aliphatic carbocycles. The molecule has 0 aromatic heterocycles. The van der Waals surface area contributed by atoms with Gasteiger partial charge in [0.15, 0.2) is 11.5 Å². The van der Waals surface area contributed by atoms with E-state index in [1.807, 2.05) is 5.32 Å². The van der Waals surface area contributed by atoms with Crippen molar-refractivity contribution in [2.24, 2.45) is 0 Å². The molecule has 1 aromatic carbocycles. The summed E-state index contributed by atoms with van der Waals surface area (Å²) >= 11 is 0. The lowest BCUT2D eigenvalue weighted by Crippen LogP contribution is -2.35. The second kappa shape index (κ2) is 7.16. The number of aryl methyl sites for hydroxylation is 1. The molecule has 0 spiro atoms. The summed E-state index contributed by atoms with van der Waals surface area (Å²) in [4.78, 5) is 11.6. The third-order valence-electron chi connectivity index (χ3n) is 2.62. The van der Waals surface area contributed by atoms with Gasteiger partial charge in [-0.1, -0.05) is 0 Å². The van der Waals surface area contributed by atoms with E-state index in [-0.39, 0.29) is 0 Å². The van der Waals surface area contributed by atoms with Crippen LogP contribution < -0.4 is 20.1 Å².